The van der Waals surface area contributed by atoms with Gasteiger partial charge in [0, 0.05) is 19.6 Å². The predicted octanol–water partition coefficient (Wildman–Crippen LogP) is 4.00. The Labute approximate surface area is 200 Å². The van der Waals surface area contributed by atoms with E-state index in [0.717, 1.165) is 55.1 Å². The number of nitrogens with zero attached hydrogens (tertiary/aromatic N) is 1. The first-order chi connectivity index (χ1) is 16.6. The number of benzene rings is 3. The molecule has 5 nitrogen and oxygen atoms in total. The van der Waals surface area contributed by atoms with Gasteiger partial charge in [-0.1, -0.05) is 66.7 Å². The lowest BCUT2D eigenvalue weighted by Gasteiger charge is -2.33. The Morgan fingerprint density at radius 2 is 1.50 bits per heavy atom. The summed E-state index contributed by atoms with van der Waals surface area (Å²) >= 11 is 0. The summed E-state index contributed by atoms with van der Waals surface area (Å²) in [7, 11) is 0. The lowest BCUT2D eigenvalue weighted by molar-refractivity contribution is -0.122. The van der Waals surface area contributed by atoms with Gasteiger partial charge in [-0.05, 0) is 59.4 Å². The number of nitrogens with two attached hydrogens (primary N) is 1. The van der Waals surface area contributed by atoms with Crippen LogP contribution in [0.5, 0.6) is 11.5 Å². The predicted molar refractivity (Wildman–Crippen MR) is 131 cm³/mol. The summed E-state index contributed by atoms with van der Waals surface area (Å²) in [5.41, 5.74) is 8.67. The zero-order valence-corrected chi connectivity index (χ0v) is 19.2. The highest BCUT2D eigenvalue weighted by Gasteiger charge is 2.59. The number of rotatable bonds is 8. The lowest BCUT2D eigenvalue weighted by Crippen LogP contribution is -2.43. The summed E-state index contributed by atoms with van der Waals surface area (Å²) in [6.07, 6.45) is 1.78. The maximum atomic E-state index is 13.1. The number of fused-ring (bicyclic) bond motifs is 2. The van der Waals surface area contributed by atoms with Crippen molar-refractivity contribution >= 4 is 5.91 Å². The molecule has 2 atom stereocenters. The Hall–Kier alpha value is -3.31. The van der Waals surface area contributed by atoms with Crippen LogP contribution in [0.3, 0.4) is 0 Å². The fourth-order valence-electron chi connectivity index (χ4n) is 6.19. The zero-order valence-electron chi connectivity index (χ0n) is 19.2. The van der Waals surface area contributed by atoms with E-state index in [4.69, 9.17) is 15.2 Å². The SMILES string of the molecule is NC(=O)C(CC1C2CN(CCc3ccc4c(c3)OCO4)CC21)(c1ccccc1)c1ccccc1. The molecule has 3 aromatic carbocycles. The topological polar surface area (TPSA) is 64.8 Å². The van der Waals surface area contributed by atoms with Crippen LogP contribution in [0.4, 0.5) is 0 Å². The van der Waals surface area contributed by atoms with Crippen molar-refractivity contribution in [2.45, 2.75) is 18.3 Å². The molecule has 1 amide bonds. The van der Waals surface area contributed by atoms with Crippen LogP contribution in [-0.2, 0) is 16.6 Å². The average Bonchev–Trinajstić information content (AvgIpc) is 3.22. The van der Waals surface area contributed by atoms with Crippen LogP contribution in [0.1, 0.15) is 23.1 Å². The molecule has 0 spiro atoms. The summed E-state index contributed by atoms with van der Waals surface area (Å²) < 4.78 is 10.9. The lowest BCUT2D eigenvalue weighted by atomic mass is 9.69. The molecule has 3 aromatic rings. The molecular weight excluding hydrogens is 424 g/mol. The molecule has 1 aliphatic carbocycles. The Morgan fingerprint density at radius 1 is 0.882 bits per heavy atom. The van der Waals surface area contributed by atoms with Gasteiger partial charge in [-0.2, -0.15) is 0 Å². The van der Waals surface area contributed by atoms with E-state index in [9.17, 15) is 4.79 Å². The van der Waals surface area contributed by atoms with Crippen molar-refractivity contribution in [3.8, 4) is 11.5 Å². The van der Waals surface area contributed by atoms with Crippen LogP contribution >= 0.6 is 0 Å². The number of hydrogen-bond donors (Lipinski definition) is 1. The minimum atomic E-state index is -0.783. The number of carbonyl (C=O) groups is 1. The molecule has 1 saturated heterocycles. The van der Waals surface area contributed by atoms with Crippen molar-refractivity contribution in [3.05, 3.63) is 95.6 Å². The summed E-state index contributed by atoms with van der Waals surface area (Å²) in [5, 5.41) is 0. The first-order valence-electron chi connectivity index (χ1n) is 12.2. The molecule has 2 fully saturated rings. The van der Waals surface area contributed by atoms with E-state index in [1.807, 2.05) is 66.7 Å². The Balaban J connectivity index is 1.14. The van der Waals surface area contributed by atoms with Gasteiger partial charge in [-0.3, -0.25) is 4.79 Å². The second-order valence-electron chi connectivity index (χ2n) is 9.89. The van der Waals surface area contributed by atoms with Crippen molar-refractivity contribution in [3.63, 3.8) is 0 Å². The molecule has 0 aromatic heterocycles. The van der Waals surface area contributed by atoms with E-state index in [2.05, 4.69) is 17.0 Å². The number of hydrogen-bond acceptors (Lipinski definition) is 4. The van der Waals surface area contributed by atoms with Gasteiger partial charge in [0.25, 0.3) is 0 Å². The molecule has 1 saturated carbocycles. The van der Waals surface area contributed by atoms with Crippen molar-refractivity contribution in [1.82, 2.24) is 4.90 Å². The van der Waals surface area contributed by atoms with E-state index >= 15 is 0 Å². The number of likely N-dealkylation sites (tertiary alicyclic amines) is 1. The van der Waals surface area contributed by atoms with Crippen molar-refractivity contribution in [2.75, 3.05) is 26.4 Å². The highest BCUT2D eigenvalue weighted by atomic mass is 16.7. The molecule has 174 valence electrons. The van der Waals surface area contributed by atoms with Gasteiger partial charge >= 0.3 is 0 Å². The van der Waals surface area contributed by atoms with Crippen LogP contribution in [0, 0.1) is 17.8 Å². The van der Waals surface area contributed by atoms with E-state index in [-0.39, 0.29) is 5.91 Å². The molecular formula is C29H30N2O3. The monoisotopic (exact) mass is 454 g/mol. The van der Waals surface area contributed by atoms with Gasteiger partial charge in [0.15, 0.2) is 11.5 Å². The minimum Gasteiger partial charge on any atom is -0.454 e. The highest BCUT2D eigenvalue weighted by molar-refractivity contribution is 5.91. The second kappa shape index (κ2) is 8.48. The van der Waals surface area contributed by atoms with Gasteiger partial charge < -0.3 is 20.1 Å². The summed E-state index contributed by atoms with van der Waals surface area (Å²) in [6.45, 7) is 3.54. The fraction of sp³-hybridized carbons (Fsp3) is 0.345. The summed E-state index contributed by atoms with van der Waals surface area (Å²) in [4.78, 5) is 15.7. The Kier molecular flexibility index (Phi) is 5.30. The number of ether oxygens (including phenoxy) is 2. The summed E-state index contributed by atoms with van der Waals surface area (Å²) in [5.74, 6) is 3.24. The maximum Gasteiger partial charge on any atom is 0.232 e. The third-order valence-electron chi connectivity index (χ3n) is 8.10. The smallest absolute Gasteiger partial charge is 0.232 e. The first kappa shape index (κ1) is 21.2. The quantitative estimate of drug-likeness (QED) is 0.559. The van der Waals surface area contributed by atoms with Crippen LogP contribution in [0.15, 0.2) is 78.9 Å². The number of carbonyl (C=O) groups excluding carboxylic acids is 1. The van der Waals surface area contributed by atoms with Gasteiger partial charge in [-0.15, -0.1) is 0 Å². The minimum absolute atomic E-state index is 0.255. The molecule has 0 radical (unpaired) electrons. The number of primary amides is 1. The largest absolute Gasteiger partial charge is 0.454 e. The zero-order chi connectivity index (χ0) is 23.1. The molecule has 2 aliphatic heterocycles. The number of amides is 1. The average molecular weight is 455 g/mol. The molecule has 6 rings (SSSR count). The van der Waals surface area contributed by atoms with Gasteiger partial charge in [-0.25, -0.2) is 0 Å². The standard InChI is InChI=1S/C29H30N2O3/c30-28(32)29(21-7-3-1-4-8-21,22-9-5-2-6-10-22)16-23-24-17-31(18-25(23)24)14-13-20-11-12-26-27(15-20)34-19-33-26/h1-12,15,23-25H,13-14,16-19H2,(H2,30,32). The molecule has 3 aliphatic rings. The molecule has 5 heteroatoms. The van der Waals surface area contributed by atoms with Crippen LogP contribution in [0.2, 0.25) is 0 Å². The van der Waals surface area contributed by atoms with Gasteiger partial charge in [0.1, 0.15) is 0 Å². The van der Waals surface area contributed by atoms with E-state index in [1.165, 1.54) is 5.56 Å². The molecule has 0 bridgehead atoms. The molecule has 2 N–H and O–H groups in total. The van der Waals surface area contributed by atoms with Crippen molar-refractivity contribution in [1.29, 1.82) is 0 Å². The molecule has 2 unspecified atom stereocenters. The van der Waals surface area contributed by atoms with Crippen molar-refractivity contribution < 1.29 is 14.3 Å². The van der Waals surface area contributed by atoms with Crippen LogP contribution in [0.25, 0.3) is 0 Å². The van der Waals surface area contributed by atoms with Gasteiger partial charge in [0.2, 0.25) is 12.7 Å². The first-order valence-corrected chi connectivity index (χ1v) is 12.2. The van der Waals surface area contributed by atoms with E-state index in [1.54, 1.807) is 0 Å². The van der Waals surface area contributed by atoms with E-state index in [0.29, 0.717) is 24.5 Å². The van der Waals surface area contributed by atoms with Crippen molar-refractivity contribution in [2.24, 2.45) is 23.5 Å². The number of piperidine rings is 1. The Bertz CT molecular complexity index is 1130. The van der Waals surface area contributed by atoms with Crippen LogP contribution < -0.4 is 15.2 Å². The van der Waals surface area contributed by atoms with E-state index < -0.39 is 5.41 Å². The molecule has 34 heavy (non-hydrogen) atoms. The summed E-state index contributed by atoms with van der Waals surface area (Å²) in [6, 6.07) is 26.4. The Morgan fingerprint density at radius 3 is 2.12 bits per heavy atom. The van der Waals surface area contributed by atoms with Gasteiger partial charge in [0.05, 0.1) is 5.41 Å². The third-order valence-corrected chi connectivity index (χ3v) is 8.10. The van der Waals surface area contributed by atoms with Crippen LogP contribution in [-0.4, -0.2) is 37.2 Å². The maximum absolute atomic E-state index is 13.1. The highest BCUT2D eigenvalue weighted by Crippen LogP contribution is 2.57. The molecule has 2 heterocycles. The normalized spacial score (nSPS) is 23.0. The third kappa shape index (κ3) is 3.64. The fourth-order valence-corrected chi connectivity index (χ4v) is 6.19. The second-order valence-corrected chi connectivity index (χ2v) is 9.89.